The molecule has 0 bridgehead atoms. The summed E-state index contributed by atoms with van der Waals surface area (Å²) in [5, 5.41) is 12.1. The van der Waals surface area contributed by atoms with Crippen LogP contribution >= 0.6 is 0 Å². The van der Waals surface area contributed by atoms with E-state index in [1.807, 2.05) is 6.92 Å². The average molecular weight is 236 g/mol. The molecule has 1 aliphatic rings. The molecule has 92 valence electrons. The van der Waals surface area contributed by atoms with Crippen molar-refractivity contribution in [2.45, 2.75) is 25.9 Å². The number of carbonyl (C=O) groups is 1. The Labute approximate surface area is 99.8 Å². The second kappa shape index (κ2) is 5.14. The van der Waals surface area contributed by atoms with Crippen LogP contribution in [-0.2, 0) is 9.53 Å². The number of pyridine rings is 1. The fraction of sp³-hybridized carbons (Fsp3) is 0.500. The van der Waals surface area contributed by atoms with E-state index in [1.54, 1.807) is 6.07 Å². The van der Waals surface area contributed by atoms with Gasteiger partial charge in [0.15, 0.2) is 11.6 Å². The molecule has 1 aromatic heterocycles. The normalized spacial score (nSPS) is 24.3. The number of ether oxygens (including phenoxy) is 1. The summed E-state index contributed by atoms with van der Waals surface area (Å²) in [6.07, 6.45) is 3.13. The molecular weight excluding hydrogens is 220 g/mol. The summed E-state index contributed by atoms with van der Waals surface area (Å²) in [6, 6.07) is 3.10. The smallest absolute Gasteiger partial charge is 0.231 e. The molecular formula is C12H16N2O3. The van der Waals surface area contributed by atoms with E-state index in [-0.39, 0.29) is 29.5 Å². The molecule has 0 aromatic carbocycles. The highest BCUT2D eigenvalue weighted by Crippen LogP contribution is 2.24. The lowest BCUT2D eigenvalue weighted by Crippen LogP contribution is -2.36. The number of nitrogens with zero attached hydrogens (tertiary/aromatic N) is 1. The predicted molar refractivity (Wildman–Crippen MR) is 62.7 cm³/mol. The Balaban J connectivity index is 2.03. The number of hydrogen-bond acceptors (Lipinski definition) is 4. The third-order valence-corrected chi connectivity index (χ3v) is 2.97. The number of rotatable bonds is 2. The third kappa shape index (κ3) is 2.74. The number of anilines is 1. The molecule has 1 fully saturated rings. The van der Waals surface area contributed by atoms with Crippen LogP contribution < -0.4 is 5.32 Å². The summed E-state index contributed by atoms with van der Waals surface area (Å²) in [5.41, 5.74) is 0. The van der Waals surface area contributed by atoms with Crippen LogP contribution in [0, 0.1) is 5.92 Å². The molecule has 2 atom stereocenters. The molecule has 17 heavy (non-hydrogen) atoms. The van der Waals surface area contributed by atoms with Gasteiger partial charge in [-0.15, -0.1) is 0 Å². The standard InChI is InChI=1S/C12H16N2O3/c1-8-9(4-3-7-17-8)12(16)14-11-10(15)5-2-6-13-11/h2,5-6,8-9,15H,3-4,7H2,1H3,(H,13,14,16)/t8-,9+/m1/s1. The van der Waals surface area contributed by atoms with Crippen molar-refractivity contribution in [3.05, 3.63) is 18.3 Å². The molecule has 0 unspecified atom stereocenters. The van der Waals surface area contributed by atoms with Crippen molar-refractivity contribution in [2.75, 3.05) is 11.9 Å². The van der Waals surface area contributed by atoms with Gasteiger partial charge in [-0.05, 0) is 31.9 Å². The van der Waals surface area contributed by atoms with Crippen molar-refractivity contribution in [3.8, 4) is 5.75 Å². The molecule has 5 heteroatoms. The lowest BCUT2D eigenvalue weighted by atomic mass is 9.94. The van der Waals surface area contributed by atoms with Crippen LogP contribution in [0.3, 0.4) is 0 Å². The first-order valence-corrected chi connectivity index (χ1v) is 5.75. The Morgan fingerprint density at radius 3 is 3.18 bits per heavy atom. The number of hydrogen-bond donors (Lipinski definition) is 2. The molecule has 5 nitrogen and oxygen atoms in total. The Morgan fingerprint density at radius 1 is 1.65 bits per heavy atom. The zero-order valence-electron chi connectivity index (χ0n) is 9.72. The highest BCUT2D eigenvalue weighted by atomic mass is 16.5. The minimum Gasteiger partial charge on any atom is -0.504 e. The number of aromatic nitrogens is 1. The van der Waals surface area contributed by atoms with Gasteiger partial charge >= 0.3 is 0 Å². The van der Waals surface area contributed by atoms with Crippen LogP contribution in [0.25, 0.3) is 0 Å². The number of nitrogens with one attached hydrogen (secondary N) is 1. The van der Waals surface area contributed by atoms with Crippen molar-refractivity contribution in [1.29, 1.82) is 0 Å². The summed E-state index contributed by atoms with van der Waals surface area (Å²) >= 11 is 0. The van der Waals surface area contributed by atoms with Crippen LogP contribution in [0.5, 0.6) is 5.75 Å². The molecule has 0 aliphatic carbocycles. The van der Waals surface area contributed by atoms with E-state index in [4.69, 9.17) is 4.74 Å². The van der Waals surface area contributed by atoms with Gasteiger partial charge in [0.05, 0.1) is 12.0 Å². The monoisotopic (exact) mass is 236 g/mol. The van der Waals surface area contributed by atoms with Gasteiger partial charge in [-0.25, -0.2) is 4.98 Å². The van der Waals surface area contributed by atoms with Crippen molar-refractivity contribution in [1.82, 2.24) is 4.98 Å². The summed E-state index contributed by atoms with van der Waals surface area (Å²) in [5.74, 6) is -0.142. The zero-order chi connectivity index (χ0) is 12.3. The SMILES string of the molecule is C[C@H]1OCCC[C@@H]1C(=O)Nc1ncccc1O. The first-order chi connectivity index (χ1) is 8.18. The van der Waals surface area contributed by atoms with Gasteiger partial charge in [0.25, 0.3) is 0 Å². The molecule has 0 radical (unpaired) electrons. The summed E-state index contributed by atoms with van der Waals surface area (Å²) in [7, 11) is 0. The number of carbonyl (C=O) groups excluding carboxylic acids is 1. The van der Waals surface area contributed by atoms with E-state index < -0.39 is 0 Å². The second-order valence-corrected chi connectivity index (χ2v) is 4.19. The van der Waals surface area contributed by atoms with Gasteiger partial charge in [0, 0.05) is 12.8 Å². The minimum absolute atomic E-state index is 0.0229. The topological polar surface area (TPSA) is 71.5 Å². The lowest BCUT2D eigenvalue weighted by Gasteiger charge is -2.27. The maximum absolute atomic E-state index is 12.0. The maximum atomic E-state index is 12.0. The fourth-order valence-electron chi connectivity index (χ4n) is 1.97. The van der Waals surface area contributed by atoms with Crippen LogP contribution in [-0.4, -0.2) is 28.7 Å². The van der Waals surface area contributed by atoms with Crippen LogP contribution in [0.1, 0.15) is 19.8 Å². The van der Waals surface area contributed by atoms with Crippen molar-refractivity contribution < 1.29 is 14.6 Å². The summed E-state index contributed by atoms with van der Waals surface area (Å²) in [6.45, 7) is 2.60. The molecule has 2 rings (SSSR count). The van der Waals surface area contributed by atoms with Crippen molar-refractivity contribution >= 4 is 11.7 Å². The predicted octanol–water partition coefficient (Wildman–Crippen LogP) is 1.54. The lowest BCUT2D eigenvalue weighted by molar-refractivity contribution is -0.127. The van der Waals surface area contributed by atoms with Gasteiger partial charge in [0.2, 0.25) is 5.91 Å². The minimum atomic E-state index is -0.176. The van der Waals surface area contributed by atoms with E-state index >= 15 is 0 Å². The third-order valence-electron chi connectivity index (χ3n) is 2.97. The molecule has 0 spiro atoms. The first kappa shape index (κ1) is 11.9. The molecule has 2 N–H and O–H groups in total. The van der Waals surface area contributed by atoms with E-state index in [9.17, 15) is 9.90 Å². The van der Waals surface area contributed by atoms with E-state index in [2.05, 4.69) is 10.3 Å². The second-order valence-electron chi connectivity index (χ2n) is 4.19. The Bertz CT molecular complexity index is 408. The van der Waals surface area contributed by atoms with Crippen LogP contribution in [0.2, 0.25) is 0 Å². The van der Waals surface area contributed by atoms with Crippen molar-refractivity contribution in [3.63, 3.8) is 0 Å². The molecule has 1 aromatic rings. The fourth-order valence-corrected chi connectivity index (χ4v) is 1.97. The average Bonchev–Trinajstić information content (AvgIpc) is 2.32. The summed E-state index contributed by atoms with van der Waals surface area (Å²) in [4.78, 5) is 15.9. The number of amides is 1. The maximum Gasteiger partial charge on any atom is 0.231 e. The summed E-state index contributed by atoms with van der Waals surface area (Å²) < 4.78 is 5.44. The zero-order valence-corrected chi connectivity index (χ0v) is 9.72. The van der Waals surface area contributed by atoms with E-state index in [0.717, 1.165) is 12.8 Å². The van der Waals surface area contributed by atoms with Gasteiger partial charge in [-0.2, -0.15) is 0 Å². The molecule has 1 saturated heterocycles. The largest absolute Gasteiger partial charge is 0.504 e. The molecule has 1 aliphatic heterocycles. The molecule has 0 saturated carbocycles. The number of aromatic hydroxyl groups is 1. The van der Waals surface area contributed by atoms with Gasteiger partial charge < -0.3 is 15.2 Å². The molecule has 1 amide bonds. The Morgan fingerprint density at radius 2 is 2.47 bits per heavy atom. The Kier molecular flexibility index (Phi) is 3.58. The van der Waals surface area contributed by atoms with Crippen molar-refractivity contribution in [2.24, 2.45) is 5.92 Å². The van der Waals surface area contributed by atoms with Gasteiger partial charge in [-0.3, -0.25) is 4.79 Å². The van der Waals surface area contributed by atoms with Gasteiger partial charge in [0.1, 0.15) is 0 Å². The van der Waals surface area contributed by atoms with E-state index in [0.29, 0.717) is 6.61 Å². The quantitative estimate of drug-likeness (QED) is 0.817. The Hall–Kier alpha value is -1.62. The molecule has 2 heterocycles. The first-order valence-electron chi connectivity index (χ1n) is 5.75. The highest BCUT2D eigenvalue weighted by molar-refractivity contribution is 5.93. The van der Waals surface area contributed by atoms with Crippen LogP contribution in [0.4, 0.5) is 5.82 Å². The highest BCUT2D eigenvalue weighted by Gasteiger charge is 2.29. The van der Waals surface area contributed by atoms with Crippen LogP contribution in [0.15, 0.2) is 18.3 Å². The van der Waals surface area contributed by atoms with E-state index in [1.165, 1.54) is 12.3 Å². The van der Waals surface area contributed by atoms with Gasteiger partial charge in [-0.1, -0.05) is 0 Å².